The molecule has 0 spiro atoms. The molecule has 0 bridgehead atoms. The Morgan fingerprint density at radius 2 is 1.67 bits per heavy atom. The molecule has 0 aliphatic heterocycles. The van der Waals surface area contributed by atoms with Crippen LogP contribution in [0.2, 0.25) is 0 Å². The van der Waals surface area contributed by atoms with Crippen LogP contribution in [0.1, 0.15) is 5.89 Å². The van der Waals surface area contributed by atoms with E-state index in [1.165, 1.54) is 21.5 Å². The highest BCUT2D eigenvalue weighted by Crippen LogP contribution is 2.31. The quantitative estimate of drug-likeness (QED) is 0.419. The number of hydrogen-bond donors (Lipinski definition) is 0. The lowest BCUT2D eigenvalue weighted by Gasteiger charge is -2.03. The van der Waals surface area contributed by atoms with Gasteiger partial charge in [0.05, 0.1) is 0 Å². The number of nitrogens with zero attached hydrogens (tertiary/aromatic N) is 1. The lowest BCUT2D eigenvalue weighted by Crippen LogP contribution is -1.79. The minimum Gasteiger partial charge on any atom is -0.441 e. The van der Waals surface area contributed by atoms with Gasteiger partial charge in [0.1, 0.15) is 5.52 Å². The molecule has 1 aromatic heterocycles. The molecule has 0 amide bonds. The number of hydrogen-bond acceptors (Lipinski definition) is 2. The largest absolute Gasteiger partial charge is 0.441 e. The van der Waals surface area contributed by atoms with Crippen molar-refractivity contribution >= 4 is 32.6 Å². The van der Waals surface area contributed by atoms with Gasteiger partial charge in [0, 0.05) is 12.3 Å². The normalized spacial score (nSPS) is 11.6. The maximum absolute atomic E-state index is 5.61. The SMILES string of the molecule is Cc1nc2c(ccc3ccc4ccccc4c32)o1. The summed E-state index contributed by atoms with van der Waals surface area (Å²) in [5.41, 5.74) is 1.82. The van der Waals surface area contributed by atoms with Crippen molar-refractivity contribution < 1.29 is 4.42 Å². The van der Waals surface area contributed by atoms with Crippen molar-refractivity contribution in [3.8, 4) is 0 Å². The molecule has 0 aliphatic rings. The van der Waals surface area contributed by atoms with Gasteiger partial charge in [-0.25, -0.2) is 4.98 Å². The van der Waals surface area contributed by atoms with Crippen LogP contribution in [0, 0.1) is 6.92 Å². The monoisotopic (exact) mass is 233 g/mol. The second-order valence-corrected chi connectivity index (χ2v) is 4.53. The molecule has 0 saturated carbocycles. The van der Waals surface area contributed by atoms with Crippen LogP contribution in [0.5, 0.6) is 0 Å². The molecule has 0 N–H and O–H groups in total. The predicted molar refractivity (Wildman–Crippen MR) is 73.8 cm³/mol. The van der Waals surface area contributed by atoms with E-state index in [0.29, 0.717) is 5.89 Å². The molecule has 0 fully saturated rings. The second kappa shape index (κ2) is 3.33. The Kier molecular flexibility index (Phi) is 1.78. The van der Waals surface area contributed by atoms with E-state index in [9.17, 15) is 0 Å². The molecule has 0 unspecified atom stereocenters. The Bertz CT molecular complexity index is 889. The molecule has 86 valence electrons. The van der Waals surface area contributed by atoms with Gasteiger partial charge >= 0.3 is 0 Å². The number of benzene rings is 3. The third-order valence-electron chi connectivity index (χ3n) is 3.37. The molecule has 2 heteroatoms. The Morgan fingerprint density at radius 3 is 2.61 bits per heavy atom. The highest BCUT2D eigenvalue weighted by molar-refractivity contribution is 6.17. The average Bonchev–Trinajstić information content (AvgIpc) is 2.78. The maximum atomic E-state index is 5.61. The van der Waals surface area contributed by atoms with Crippen LogP contribution in [-0.4, -0.2) is 4.98 Å². The van der Waals surface area contributed by atoms with E-state index in [1.54, 1.807) is 0 Å². The van der Waals surface area contributed by atoms with Crippen molar-refractivity contribution in [1.82, 2.24) is 4.98 Å². The summed E-state index contributed by atoms with van der Waals surface area (Å²) in [7, 11) is 0. The lowest BCUT2D eigenvalue weighted by atomic mass is 10.0. The summed E-state index contributed by atoms with van der Waals surface area (Å²) < 4.78 is 5.61. The lowest BCUT2D eigenvalue weighted by molar-refractivity contribution is 0.561. The van der Waals surface area contributed by atoms with Crippen molar-refractivity contribution in [1.29, 1.82) is 0 Å². The second-order valence-electron chi connectivity index (χ2n) is 4.53. The van der Waals surface area contributed by atoms with E-state index in [0.717, 1.165) is 11.1 Å². The van der Waals surface area contributed by atoms with Gasteiger partial charge in [-0.2, -0.15) is 0 Å². The van der Waals surface area contributed by atoms with Crippen LogP contribution < -0.4 is 0 Å². The van der Waals surface area contributed by atoms with Crippen molar-refractivity contribution in [2.24, 2.45) is 0 Å². The Morgan fingerprint density at radius 1 is 0.889 bits per heavy atom. The molecule has 2 nitrogen and oxygen atoms in total. The molecular formula is C16H11NO. The molecule has 0 saturated heterocycles. The average molecular weight is 233 g/mol. The summed E-state index contributed by atoms with van der Waals surface area (Å²) in [6.45, 7) is 1.89. The van der Waals surface area contributed by atoms with E-state index in [1.807, 2.05) is 13.0 Å². The van der Waals surface area contributed by atoms with E-state index in [-0.39, 0.29) is 0 Å². The highest BCUT2D eigenvalue weighted by atomic mass is 16.3. The maximum Gasteiger partial charge on any atom is 0.192 e. The van der Waals surface area contributed by atoms with Crippen molar-refractivity contribution in [2.45, 2.75) is 6.92 Å². The number of fused-ring (bicyclic) bond motifs is 5. The van der Waals surface area contributed by atoms with E-state index >= 15 is 0 Å². The first kappa shape index (κ1) is 9.66. The molecule has 0 atom stereocenters. The fourth-order valence-corrected chi connectivity index (χ4v) is 2.59. The molecule has 18 heavy (non-hydrogen) atoms. The Balaban J connectivity index is 2.37. The zero-order chi connectivity index (χ0) is 12.1. The van der Waals surface area contributed by atoms with Crippen LogP contribution in [0.3, 0.4) is 0 Å². The van der Waals surface area contributed by atoms with Gasteiger partial charge in [0.2, 0.25) is 0 Å². The standard InChI is InChI=1S/C16H11NO/c1-10-17-16-14(18-10)9-8-12-7-6-11-4-2-3-5-13(11)15(12)16/h2-9H,1H3. The van der Waals surface area contributed by atoms with Gasteiger partial charge in [-0.3, -0.25) is 0 Å². The third-order valence-corrected chi connectivity index (χ3v) is 3.37. The Labute approximate surface area is 104 Å². The van der Waals surface area contributed by atoms with Crippen LogP contribution in [0.15, 0.2) is 52.9 Å². The Hall–Kier alpha value is -2.35. The van der Waals surface area contributed by atoms with Crippen LogP contribution >= 0.6 is 0 Å². The van der Waals surface area contributed by atoms with E-state index in [4.69, 9.17) is 4.42 Å². The van der Waals surface area contributed by atoms with Crippen molar-refractivity contribution in [3.05, 3.63) is 54.4 Å². The molecule has 0 radical (unpaired) electrons. The summed E-state index contributed by atoms with van der Waals surface area (Å²) in [6.07, 6.45) is 0. The molecular weight excluding hydrogens is 222 g/mol. The fraction of sp³-hybridized carbons (Fsp3) is 0.0625. The first-order chi connectivity index (χ1) is 8.83. The smallest absolute Gasteiger partial charge is 0.192 e. The topological polar surface area (TPSA) is 26.0 Å². The van der Waals surface area contributed by atoms with Crippen LogP contribution in [-0.2, 0) is 0 Å². The van der Waals surface area contributed by atoms with Gasteiger partial charge in [-0.15, -0.1) is 0 Å². The zero-order valence-corrected chi connectivity index (χ0v) is 9.97. The predicted octanol–water partition coefficient (Wildman–Crippen LogP) is 4.44. The van der Waals surface area contributed by atoms with Crippen LogP contribution in [0.4, 0.5) is 0 Å². The third kappa shape index (κ3) is 1.20. The number of aryl methyl sites for hydroxylation is 1. The molecule has 4 rings (SSSR count). The zero-order valence-electron chi connectivity index (χ0n) is 9.97. The van der Waals surface area contributed by atoms with E-state index in [2.05, 4.69) is 47.4 Å². The van der Waals surface area contributed by atoms with E-state index < -0.39 is 0 Å². The first-order valence-corrected chi connectivity index (χ1v) is 6.00. The van der Waals surface area contributed by atoms with Crippen molar-refractivity contribution in [3.63, 3.8) is 0 Å². The molecule has 1 heterocycles. The van der Waals surface area contributed by atoms with Gasteiger partial charge in [0.15, 0.2) is 11.5 Å². The van der Waals surface area contributed by atoms with Gasteiger partial charge in [-0.1, -0.05) is 42.5 Å². The molecule has 3 aromatic carbocycles. The number of aromatic nitrogens is 1. The molecule has 4 aromatic rings. The summed E-state index contributed by atoms with van der Waals surface area (Å²) in [6, 6.07) is 16.8. The first-order valence-electron chi connectivity index (χ1n) is 6.00. The van der Waals surface area contributed by atoms with Gasteiger partial charge in [-0.05, 0) is 22.2 Å². The minimum absolute atomic E-state index is 0.713. The summed E-state index contributed by atoms with van der Waals surface area (Å²) in [5, 5.41) is 4.85. The molecule has 0 aliphatic carbocycles. The minimum atomic E-state index is 0.713. The van der Waals surface area contributed by atoms with Gasteiger partial charge in [0.25, 0.3) is 0 Å². The summed E-state index contributed by atoms with van der Waals surface area (Å²) in [5.74, 6) is 0.713. The summed E-state index contributed by atoms with van der Waals surface area (Å²) in [4.78, 5) is 4.52. The number of oxazole rings is 1. The van der Waals surface area contributed by atoms with Gasteiger partial charge < -0.3 is 4.42 Å². The fourth-order valence-electron chi connectivity index (χ4n) is 2.59. The van der Waals surface area contributed by atoms with Crippen molar-refractivity contribution in [2.75, 3.05) is 0 Å². The summed E-state index contributed by atoms with van der Waals surface area (Å²) >= 11 is 0. The highest BCUT2D eigenvalue weighted by Gasteiger charge is 2.09. The van der Waals surface area contributed by atoms with Crippen LogP contribution in [0.25, 0.3) is 32.6 Å². The number of rotatable bonds is 0.